The molecule has 4 bridgehead atoms. The molecule has 1 aromatic rings. The van der Waals surface area contributed by atoms with Crippen LogP contribution in [0, 0.1) is 47.3 Å². The topological polar surface area (TPSA) is 74.8 Å². The van der Waals surface area contributed by atoms with Crippen LogP contribution in [-0.2, 0) is 19.2 Å². The minimum atomic E-state index is -0.271. The first kappa shape index (κ1) is 16.7. The molecule has 2 saturated carbocycles. The van der Waals surface area contributed by atoms with Gasteiger partial charge < -0.3 is 0 Å². The summed E-state index contributed by atoms with van der Waals surface area (Å²) in [5.74, 6) is -1.12. The molecular weight excluding hydrogens is 380 g/mol. The molecule has 0 radical (unpaired) electrons. The van der Waals surface area contributed by atoms with Crippen molar-refractivity contribution >= 4 is 35.0 Å². The predicted octanol–water partition coefficient (Wildman–Crippen LogP) is 2.31. The van der Waals surface area contributed by atoms with Crippen molar-refractivity contribution in [3.8, 4) is 0 Å². The van der Waals surface area contributed by atoms with E-state index in [9.17, 15) is 19.2 Å². The molecule has 0 aromatic heterocycles. The van der Waals surface area contributed by atoms with Crippen LogP contribution in [0.25, 0.3) is 0 Å². The van der Waals surface area contributed by atoms with E-state index < -0.39 is 0 Å². The number of nitrogens with zero attached hydrogens (tertiary/aromatic N) is 2. The third-order valence-electron chi connectivity index (χ3n) is 8.29. The Kier molecular flexibility index (Phi) is 2.99. The molecule has 4 amide bonds. The molecule has 6 nitrogen and oxygen atoms in total. The first-order valence-corrected chi connectivity index (χ1v) is 10.8. The summed E-state index contributed by atoms with van der Waals surface area (Å²) in [6.07, 6.45) is 10.0. The van der Waals surface area contributed by atoms with Crippen molar-refractivity contribution < 1.29 is 19.2 Å². The fourth-order valence-electron chi connectivity index (χ4n) is 7.08. The fraction of sp³-hybridized carbons (Fsp3) is 0.417. The quantitative estimate of drug-likeness (QED) is 0.564. The molecule has 2 heterocycles. The Bertz CT molecular complexity index is 977. The van der Waals surface area contributed by atoms with E-state index in [0.717, 1.165) is 12.8 Å². The van der Waals surface area contributed by atoms with Crippen molar-refractivity contribution in [3.63, 3.8) is 0 Å². The second kappa shape index (κ2) is 5.36. The number of amides is 4. The minimum Gasteiger partial charge on any atom is -0.274 e. The Morgan fingerprint density at radius 3 is 1.23 bits per heavy atom. The van der Waals surface area contributed by atoms with Crippen LogP contribution in [0.3, 0.4) is 0 Å². The molecule has 30 heavy (non-hydrogen) atoms. The van der Waals surface area contributed by atoms with Gasteiger partial charge in [0.25, 0.3) is 0 Å². The summed E-state index contributed by atoms with van der Waals surface area (Å²) in [6, 6.07) is 6.80. The van der Waals surface area contributed by atoms with Gasteiger partial charge in [0.05, 0.1) is 35.0 Å². The van der Waals surface area contributed by atoms with Gasteiger partial charge in [-0.25, -0.2) is 9.80 Å². The molecule has 7 rings (SSSR count). The Hall–Kier alpha value is -3.02. The molecule has 0 N–H and O–H groups in total. The minimum absolute atomic E-state index is 0.147. The van der Waals surface area contributed by atoms with E-state index in [1.165, 1.54) is 9.80 Å². The molecule has 6 heteroatoms. The lowest BCUT2D eigenvalue weighted by Crippen LogP contribution is -2.34. The monoisotopic (exact) mass is 400 g/mol. The van der Waals surface area contributed by atoms with Crippen molar-refractivity contribution in [2.45, 2.75) is 12.8 Å². The highest BCUT2D eigenvalue weighted by Crippen LogP contribution is 2.55. The van der Waals surface area contributed by atoms with E-state index >= 15 is 0 Å². The van der Waals surface area contributed by atoms with E-state index in [1.807, 2.05) is 0 Å². The van der Waals surface area contributed by atoms with Crippen molar-refractivity contribution in [2.24, 2.45) is 47.3 Å². The van der Waals surface area contributed by atoms with Gasteiger partial charge in [0, 0.05) is 0 Å². The average Bonchev–Trinajstić information content (AvgIpc) is 3.55. The molecule has 8 atom stereocenters. The van der Waals surface area contributed by atoms with Gasteiger partial charge >= 0.3 is 0 Å². The van der Waals surface area contributed by atoms with Crippen LogP contribution in [0.4, 0.5) is 11.4 Å². The maximum atomic E-state index is 13.1. The number of anilines is 2. The van der Waals surface area contributed by atoms with Gasteiger partial charge in [-0.15, -0.1) is 0 Å². The van der Waals surface area contributed by atoms with Gasteiger partial charge in [-0.1, -0.05) is 30.4 Å². The number of hydrogen-bond acceptors (Lipinski definition) is 4. The Morgan fingerprint density at radius 1 is 0.567 bits per heavy atom. The molecule has 2 saturated heterocycles. The zero-order valence-corrected chi connectivity index (χ0v) is 16.2. The highest BCUT2D eigenvalue weighted by Gasteiger charge is 2.61. The largest absolute Gasteiger partial charge is 0.274 e. The van der Waals surface area contributed by atoms with Crippen LogP contribution >= 0.6 is 0 Å². The number of rotatable bonds is 2. The molecule has 4 aliphatic carbocycles. The summed E-state index contributed by atoms with van der Waals surface area (Å²) < 4.78 is 0. The number of benzene rings is 1. The van der Waals surface area contributed by atoms with Crippen molar-refractivity contribution in [1.29, 1.82) is 0 Å². The molecule has 0 spiro atoms. The number of allylic oxidation sites excluding steroid dienone is 4. The standard InChI is InChI=1S/C24H20N2O4/c27-21-17-11-4-5-12(8-11)18(17)22(28)25(21)15-2-1-3-16(10-15)26-23(29)19-13-6-7-14(9-13)20(19)24(26)30/h1-7,10-14,17-20H,8-9H2/t11-,12-,13-,14-,17-,18+,19-,20+/m0/s1. The number of fused-ring (bicyclic) bond motifs is 10. The smallest absolute Gasteiger partial charge is 0.238 e. The van der Waals surface area contributed by atoms with Crippen molar-refractivity contribution in [2.75, 3.05) is 9.80 Å². The SMILES string of the molecule is O=C1[C@@H]2[C@H](C(=O)N1c1cccc(N3C(=O)[C@@H]4[C@H](C3=O)[C@H]3C=C[C@H]4C3)c1)[C@H]1C=C[C@H]2C1. The summed E-state index contributed by atoms with van der Waals surface area (Å²) >= 11 is 0. The molecule has 0 unspecified atom stereocenters. The second-order valence-corrected chi connectivity index (χ2v) is 9.54. The molecule has 150 valence electrons. The average molecular weight is 400 g/mol. The van der Waals surface area contributed by atoms with Crippen molar-refractivity contribution in [1.82, 2.24) is 0 Å². The van der Waals surface area contributed by atoms with Crippen molar-refractivity contribution in [3.05, 3.63) is 48.6 Å². The fourth-order valence-corrected chi connectivity index (χ4v) is 7.08. The third-order valence-corrected chi connectivity index (χ3v) is 8.29. The van der Waals surface area contributed by atoms with E-state index in [-0.39, 0.29) is 71.0 Å². The zero-order valence-electron chi connectivity index (χ0n) is 16.2. The van der Waals surface area contributed by atoms with Gasteiger partial charge in [-0.3, -0.25) is 19.2 Å². The van der Waals surface area contributed by atoms with Crippen LogP contribution in [-0.4, -0.2) is 23.6 Å². The number of imide groups is 2. The van der Waals surface area contributed by atoms with Crippen LogP contribution in [0.15, 0.2) is 48.6 Å². The maximum Gasteiger partial charge on any atom is 0.238 e. The Balaban J connectivity index is 1.24. The highest BCUT2D eigenvalue weighted by atomic mass is 16.2. The van der Waals surface area contributed by atoms with Gasteiger partial charge in [-0.05, 0) is 54.7 Å². The third kappa shape index (κ3) is 1.81. The normalized spacial score (nSPS) is 42.3. The summed E-state index contributed by atoms with van der Waals surface area (Å²) in [5.41, 5.74) is 0.908. The highest BCUT2D eigenvalue weighted by molar-refractivity contribution is 6.25. The Labute approximate surface area is 173 Å². The number of carbonyl (C=O) groups is 4. The second-order valence-electron chi connectivity index (χ2n) is 9.54. The van der Waals surface area contributed by atoms with Gasteiger partial charge in [0.1, 0.15) is 0 Å². The number of carbonyl (C=O) groups excluding carboxylic acids is 4. The predicted molar refractivity (Wildman–Crippen MR) is 107 cm³/mol. The van der Waals surface area contributed by atoms with E-state index in [0.29, 0.717) is 11.4 Å². The van der Waals surface area contributed by atoms with Gasteiger partial charge in [0.15, 0.2) is 0 Å². The van der Waals surface area contributed by atoms with E-state index in [1.54, 1.807) is 24.3 Å². The summed E-state index contributed by atoms with van der Waals surface area (Å²) in [6.45, 7) is 0. The van der Waals surface area contributed by atoms with Crippen LogP contribution in [0.5, 0.6) is 0 Å². The lowest BCUT2D eigenvalue weighted by Gasteiger charge is -2.21. The van der Waals surface area contributed by atoms with Gasteiger partial charge in [0.2, 0.25) is 23.6 Å². The maximum absolute atomic E-state index is 13.1. The summed E-state index contributed by atoms with van der Waals surface area (Å²) in [7, 11) is 0. The summed E-state index contributed by atoms with van der Waals surface area (Å²) in [4.78, 5) is 55.0. The van der Waals surface area contributed by atoms with Gasteiger partial charge in [-0.2, -0.15) is 0 Å². The molecular formula is C24H20N2O4. The van der Waals surface area contributed by atoms with Crippen LogP contribution in [0.1, 0.15) is 12.8 Å². The molecule has 2 aliphatic heterocycles. The summed E-state index contributed by atoms with van der Waals surface area (Å²) in [5, 5.41) is 0. The Morgan fingerprint density at radius 2 is 0.900 bits per heavy atom. The first-order valence-electron chi connectivity index (χ1n) is 10.8. The molecule has 4 fully saturated rings. The number of hydrogen-bond donors (Lipinski definition) is 0. The zero-order chi connectivity index (χ0) is 20.3. The van der Waals surface area contributed by atoms with E-state index in [4.69, 9.17) is 0 Å². The van der Waals surface area contributed by atoms with E-state index in [2.05, 4.69) is 24.3 Å². The molecule has 1 aromatic carbocycles. The lowest BCUT2D eigenvalue weighted by molar-refractivity contribution is -0.124. The van der Waals surface area contributed by atoms with Crippen LogP contribution < -0.4 is 9.80 Å². The molecule has 6 aliphatic rings. The first-order chi connectivity index (χ1) is 14.5. The van der Waals surface area contributed by atoms with Crippen LogP contribution in [0.2, 0.25) is 0 Å². The lowest BCUT2D eigenvalue weighted by atomic mass is 9.85.